The molecule has 0 bridgehead atoms. The maximum Gasteiger partial charge on any atom is 0.337 e. The van der Waals surface area contributed by atoms with Gasteiger partial charge in [-0.3, -0.25) is 0 Å². The van der Waals surface area contributed by atoms with Gasteiger partial charge in [0.25, 0.3) is 0 Å². The van der Waals surface area contributed by atoms with Crippen molar-refractivity contribution in [2.45, 2.75) is 19.6 Å². The maximum absolute atomic E-state index is 11.3. The number of thioether (sulfide) groups is 1. The number of ether oxygens (including phenoxy) is 1. The van der Waals surface area contributed by atoms with Gasteiger partial charge in [0.15, 0.2) is 0 Å². The molecule has 0 heterocycles. The lowest BCUT2D eigenvalue weighted by atomic mass is 10.1. The third-order valence-corrected chi connectivity index (χ3v) is 3.51. The van der Waals surface area contributed by atoms with Crippen molar-refractivity contribution in [3.8, 4) is 0 Å². The lowest BCUT2D eigenvalue weighted by molar-refractivity contribution is 0.0600. The standard InChI is InChI=1S/C13H18O2S/c1-10(2)8-16-9-11-5-4-6-12(7-11)13(14)15-3/h4-7,10H,8-9H2,1-3H3. The van der Waals surface area contributed by atoms with Gasteiger partial charge in [-0.25, -0.2) is 4.79 Å². The van der Waals surface area contributed by atoms with Crippen molar-refractivity contribution in [3.63, 3.8) is 0 Å². The van der Waals surface area contributed by atoms with E-state index in [1.807, 2.05) is 30.0 Å². The van der Waals surface area contributed by atoms with Crippen LogP contribution in [-0.4, -0.2) is 18.8 Å². The first-order valence-electron chi connectivity index (χ1n) is 5.38. The van der Waals surface area contributed by atoms with E-state index in [0.717, 1.165) is 11.5 Å². The van der Waals surface area contributed by atoms with E-state index in [1.165, 1.54) is 12.7 Å². The van der Waals surface area contributed by atoms with Crippen LogP contribution in [0.2, 0.25) is 0 Å². The molecular weight excluding hydrogens is 220 g/mol. The number of esters is 1. The molecule has 16 heavy (non-hydrogen) atoms. The predicted octanol–water partition coefficient (Wildman–Crippen LogP) is 3.36. The summed E-state index contributed by atoms with van der Waals surface area (Å²) in [7, 11) is 1.41. The Morgan fingerprint density at radius 3 is 2.81 bits per heavy atom. The van der Waals surface area contributed by atoms with Crippen molar-refractivity contribution < 1.29 is 9.53 Å². The Bertz CT molecular complexity index is 348. The largest absolute Gasteiger partial charge is 0.465 e. The topological polar surface area (TPSA) is 26.3 Å². The Morgan fingerprint density at radius 2 is 2.19 bits per heavy atom. The Balaban J connectivity index is 2.57. The summed E-state index contributed by atoms with van der Waals surface area (Å²) < 4.78 is 4.69. The summed E-state index contributed by atoms with van der Waals surface area (Å²) in [6.45, 7) is 4.41. The number of carbonyl (C=O) groups excluding carboxylic acids is 1. The highest BCUT2D eigenvalue weighted by molar-refractivity contribution is 7.98. The molecule has 0 aliphatic heterocycles. The number of carbonyl (C=O) groups is 1. The first-order chi connectivity index (χ1) is 7.63. The molecule has 0 amide bonds. The predicted molar refractivity (Wildman–Crippen MR) is 68.8 cm³/mol. The van der Waals surface area contributed by atoms with Gasteiger partial charge < -0.3 is 4.74 Å². The summed E-state index contributed by atoms with van der Waals surface area (Å²) in [6.07, 6.45) is 0. The lowest BCUT2D eigenvalue weighted by Crippen LogP contribution is -2.01. The molecule has 0 aliphatic carbocycles. The molecule has 1 rings (SSSR count). The number of hydrogen-bond acceptors (Lipinski definition) is 3. The van der Waals surface area contributed by atoms with Crippen LogP contribution in [0.4, 0.5) is 0 Å². The normalized spacial score (nSPS) is 10.5. The van der Waals surface area contributed by atoms with Gasteiger partial charge in [-0.05, 0) is 29.4 Å². The molecule has 2 nitrogen and oxygen atoms in total. The highest BCUT2D eigenvalue weighted by Gasteiger charge is 2.05. The second-order valence-corrected chi connectivity index (χ2v) is 5.13. The number of methoxy groups -OCH3 is 1. The van der Waals surface area contributed by atoms with E-state index < -0.39 is 0 Å². The average Bonchev–Trinajstić information content (AvgIpc) is 2.28. The van der Waals surface area contributed by atoms with Crippen molar-refractivity contribution >= 4 is 17.7 Å². The van der Waals surface area contributed by atoms with Gasteiger partial charge in [0, 0.05) is 5.75 Å². The van der Waals surface area contributed by atoms with Crippen LogP contribution >= 0.6 is 11.8 Å². The van der Waals surface area contributed by atoms with Crippen LogP contribution in [0.15, 0.2) is 24.3 Å². The van der Waals surface area contributed by atoms with Gasteiger partial charge >= 0.3 is 5.97 Å². The molecule has 0 fully saturated rings. The molecule has 3 heteroatoms. The third kappa shape index (κ3) is 4.27. The molecule has 1 aromatic carbocycles. The van der Waals surface area contributed by atoms with E-state index in [2.05, 4.69) is 18.6 Å². The Labute approximate surface area is 101 Å². The summed E-state index contributed by atoms with van der Waals surface area (Å²) in [6, 6.07) is 7.62. The van der Waals surface area contributed by atoms with Crippen molar-refractivity contribution in [3.05, 3.63) is 35.4 Å². The fourth-order valence-corrected chi connectivity index (χ4v) is 2.32. The molecular formula is C13H18O2S. The minimum Gasteiger partial charge on any atom is -0.465 e. The summed E-state index contributed by atoms with van der Waals surface area (Å²) in [5.41, 5.74) is 1.80. The second-order valence-electron chi connectivity index (χ2n) is 4.10. The van der Waals surface area contributed by atoms with Crippen LogP contribution in [0.25, 0.3) is 0 Å². The summed E-state index contributed by atoms with van der Waals surface area (Å²) in [4.78, 5) is 11.3. The van der Waals surface area contributed by atoms with E-state index in [9.17, 15) is 4.79 Å². The van der Waals surface area contributed by atoms with E-state index >= 15 is 0 Å². The lowest BCUT2D eigenvalue weighted by Gasteiger charge is -2.06. The van der Waals surface area contributed by atoms with Crippen molar-refractivity contribution in [1.29, 1.82) is 0 Å². The number of benzene rings is 1. The van der Waals surface area contributed by atoms with E-state index in [-0.39, 0.29) is 5.97 Å². The molecule has 0 spiro atoms. The van der Waals surface area contributed by atoms with Crippen molar-refractivity contribution in [2.24, 2.45) is 5.92 Å². The highest BCUT2D eigenvalue weighted by Crippen LogP contribution is 2.16. The summed E-state index contributed by atoms with van der Waals surface area (Å²) >= 11 is 1.89. The first kappa shape index (κ1) is 13.1. The van der Waals surface area contributed by atoms with Crippen LogP contribution < -0.4 is 0 Å². The van der Waals surface area contributed by atoms with E-state index in [1.54, 1.807) is 6.07 Å². The molecule has 88 valence electrons. The molecule has 0 saturated carbocycles. The van der Waals surface area contributed by atoms with Crippen LogP contribution in [0.3, 0.4) is 0 Å². The zero-order chi connectivity index (χ0) is 12.0. The fraction of sp³-hybridized carbons (Fsp3) is 0.462. The van der Waals surface area contributed by atoms with Gasteiger partial charge in [-0.2, -0.15) is 11.8 Å². The Kier molecular flexibility index (Phi) is 5.39. The minimum atomic E-state index is -0.268. The number of rotatable bonds is 5. The molecule has 0 radical (unpaired) electrons. The molecule has 0 unspecified atom stereocenters. The van der Waals surface area contributed by atoms with Crippen LogP contribution in [-0.2, 0) is 10.5 Å². The van der Waals surface area contributed by atoms with E-state index in [0.29, 0.717) is 11.5 Å². The number of hydrogen-bond donors (Lipinski definition) is 0. The SMILES string of the molecule is COC(=O)c1cccc(CSCC(C)C)c1. The minimum absolute atomic E-state index is 0.268. The van der Waals surface area contributed by atoms with Crippen LogP contribution in [0.1, 0.15) is 29.8 Å². The Morgan fingerprint density at radius 1 is 1.44 bits per heavy atom. The molecule has 0 N–H and O–H groups in total. The fourth-order valence-electron chi connectivity index (χ4n) is 1.32. The van der Waals surface area contributed by atoms with Gasteiger partial charge in [0.05, 0.1) is 12.7 Å². The zero-order valence-electron chi connectivity index (χ0n) is 10.0. The van der Waals surface area contributed by atoms with Crippen LogP contribution in [0.5, 0.6) is 0 Å². The average molecular weight is 238 g/mol. The quantitative estimate of drug-likeness (QED) is 0.736. The molecule has 0 aromatic heterocycles. The highest BCUT2D eigenvalue weighted by atomic mass is 32.2. The smallest absolute Gasteiger partial charge is 0.337 e. The molecule has 0 saturated heterocycles. The molecule has 1 aromatic rings. The molecule has 0 atom stereocenters. The third-order valence-electron chi connectivity index (χ3n) is 2.07. The summed E-state index contributed by atoms with van der Waals surface area (Å²) in [5, 5.41) is 0. The van der Waals surface area contributed by atoms with Crippen molar-refractivity contribution in [1.82, 2.24) is 0 Å². The monoisotopic (exact) mass is 238 g/mol. The van der Waals surface area contributed by atoms with Gasteiger partial charge in [0.1, 0.15) is 0 Å². The Hall–Kier alpha value is -0.960. The maximum atomic E-state index is 11.3. The summed E-state index contributed by atoms with van der Waals surface area (Å²) in [5.74, 6) is 2.52. The van der Waals surface area contributed by atoms with E-state index in [4.69, 9.17) is 0 Å². The molecule has 0 aliphatic rings. The zero-order valence-corrected chi connectivity index (χ0v) is 10.8. The van der Waals surface area contributed by atoms with Gasteiger partial charge in [-0.1, -0.05) is 26.0 Å². The van der Waals surface area contributed by atoms with Gasteiger partial charge in [-0.15, -0.1) is 0 Å². The first-order valence-corrected chi connectivity index (χ1v) is 6.54. The van der Waals surface area contributed by atoms with Crippen LogP contribution in [0, 0.1) is 5.92 Å². The van der Waals surface area contributed by atoms with Crippen molar-refractivity contribution in [2.75, 3.05) is 12.9 Å². The van der Waals surface area contributed by atoms with Gasteiger partial charge in [0.2, 0.25) is 0 Å². The second kappa shape index (κ2) is 6.59.